The van der Waals surface area contributed by atoms with Gasteiger partial charge in [-0.1, -0.05) is 6.07 Å². The maximum atomic E-state index is 11.7. The minimum atomic E-state index is -3.39. The van der Waals surface area contributed by atoms with Gasteiger partial charge in [0.1, 0.15) is 0 Å². The van der Waals surface area contributed by atoms with E-state index in [1.165, 1.54) is 17.5 Å². The second-order valence-electron chi connectivity index (χ2n) is 4.12. The Morgan fingerprint density at radius 2 is 2.05 bits per heavy atom. The summed E-state index contributed by atoms with van der Waals surface area (Å²) in [7, 11) is -1.98. The Labute approximate surface area is 117 Å². The van der Waals surface area contributed by atoms with Crippen LogP contribution in [0.3, 0.4) is 0 Å². The number of hydrogen-bond donors (Lipinski definition) is 2. The summed E-state index contributed by atoms with van der Waals surface area (Å²) in [6.07, 6.45) is 0. The van der Waals surface area contributed by atoms with E-state index >= 15 is 0 Å². The Hall–Kier alpha value is -1.37. The lowest BCUT2D eigenvalue weighted by Crippen LogP contribution is -2.18. The molecule has 102 valence electrons. The zero-order chi connectivity index (χ0) is 13.9. The SMILES string of the molecule is CNS(=O)(=O)c1cccc(NCc2sccc2C)c1. The summed E-state index contributed by atoms with van der Waals surface area (Å²) in [6.45, 7) is 2.77. The summed E-state index contributed by atoms with van der Waals surface area (Å²) in [5.74, 6) is 0. The first-order valence-electron chi connectivity index (χ1n) is 5.83. The second kappa shape index (κ2) is 5.73. The highest BCUT2D eigenvalue weighted by Crippen LogP contribution is 2.19. The van der Waals surface area contributed by atoms with E-state index in [1.807, 2.05) is 11.4 Å². The first-order chi connectivity index (χ1) is 9.03. The van der Waals surface area contributed by atoms with E-state index in [4.69, 9.17) is 0 Å². The Kier molecular flexibility index (Phi) is 4.24. The van der Waals surface area contributed by atoms with Crippen LogP contribution in [0.15, 0.2) is 40.6 Å². The first-order valence-corrected chi connectivity index (χ1v) is 8.19. The smallest absolute Gasteiger partial charge is 0.240 e. The van der Waals surface area contributed by atoms with E-state index in [2.05, 4.69) is 23.0 Å². The van der Waals surface area contributed by atoms with Crippen molar-refractivity contribution < 1.29 is 8.42 Å². The van der Waals surface area contributed by atoms with Gasteiger partial charge >= 0.3 is 0 Å². The van der Waals surface area contributed by atoms with Crippen molar-refractivity contribution in [2.45, 2.75) is 18.4 Å². The van der Waals surface area contributed by atoms with E-state index in [-0.39, 0.29) is 4.90 Å². The molecular formula is C13H16N2O2S2. The molecular weight excluding hydrogens is 280 g/mol. The summed E-state index contributed by atoms with van der Waals surface area (Å²) in [6, 6.07) is 8.87. The predicted molar refractivity (Wildman–Crippen MR) is 79.1 cm³/mol. The summed E-state index contributed by atoms with van der Waals surface area (Å²) >= 11 is 1.69. The summed E-state index contributed by atoms with van der Waals surface area (Å²) in [4.78, 5) is 1.52. The van der Waals surface area contributed by atoms with Crippen LogP contribution in [0.25, 0.3) is 0 Å². The molecule has 2 rings (SSSR count). The standard InChI is InChI=1S/C13H16N2O2S2/c1-10-6-7-18-13(10)9-15-11-4-3-5-12(8-11)19(16,17)14-2/h3-8,14-15H,9H2,1-2H3. The van der Waals surface area contributed by atoms with Crippen molar-refractivity contribution >= 4 is 27.0 Å². The number of nitrogens with one attached hydrogen (secondary N) is 2. The van der Waals surface area contributed by atoms with Gasteiger partial charge in [0.25, 0.3) is 0 Å². The monoisotopic (exact) mass is 296 g/mol. The Morgan fingerprint density at radius 1 is 1.26 bits per heavy atom. The van der Waals surface area contributed by atoms with Gasteiger partial charge in [-0.2, -0.15) is 0 Å². The van der Waals surface area contributed by atoms with Crippen molar-refractivity contribution in [1.82, 2.24) is 4.72 Å². The van der Waals surface area contributed by atoms with Crippen LogP contribution in [-0.2, 0) is 16.6 Å². The average molecular weight is 296 g/mol. The van der Waals surface area contributed by atoms with Crippen LogP contribution >= 0.6 is 11.3 Å². The van der Waals surface area contributed by atoms with Crippen LogP contribution in [-0.4, -0.2) is 15.5 Å². The first kappa shape index (κ1) is 14.0. The van der Waals surface area contributed by atoms with Crippen LogP contribution in [0, 0.1) is 6.92 Å². The highest BCUT2D eigenvalue weighted by Gasteiger charge is 2.11. The Morgan fingerprint density at radius 3 is 2.68 bits per heavy atom. The molecule has 6 heteroatoms. The zero-order valence-corrected chi connectivity index (χ0v) is 12.4. The molecule has 0 aliphatic carbocycles. The molecule has 0 aliphatic heterocycles. The van der Waals surface area contributed by atoms with Crippen LogP contribution in [0.1, 0.15) is 10.4 Å². The van der Waals surface area contributed by atoms with Crippen LogP contribution in [0.4, 0.5) is 5.69 Å². The number of anilines is 1. The predicted octanol–water partition coefficient (Wildman–Crippen LogP) is 2.58. The molecule has 1 aromatic carbocycles. The van der Waals surface area contributed by atoms with Crippen molar-refractivity contribution in [1.29, 1.82) is 0 Å². The van der Waals surface area contributed by atoms with Crippen molar-refractivity contribution in [2.24, 2.45) is 0 Å². The highest BCUT2D eigenvalue weighted by molar-refractivity contribution is 7.89. The van der Waals surface area contributed by atoms with Gasteiger partial charge in [0.2, 0.25) is 10.0 Å². The van der Waals surface area contributed by atoms with Gasteiger partial charge in [-0.25, -0.2) is 13.1 Å². The van der Waals surface area contributed by atoms with Crippen LogP contribution in [0.2, 0.25) is 0 Å². The molecule has 2 aromatic rings. The third kappa shape index (κ3) is 3.34. The minimum Gasteiger partial charge on any atom is -0.380 e. The summed E-state index contributed by atoms with van der Waals surface area (Å²) < 4.78 is 25.7. The van der Waals surface area contributed by atoms with Gasteiger partial charge in [-0.15, -0.1) is 11.3 Å². The van der Waals surface area contributed by atoms with E-state index in [0.29, 0.717) is 6.54 Å². The molecule has 0 aliphatic rings. The van der Waals surface area contributed by atoms with E-state index < -0.39 is 10.0 Å². The fraction of sp³-hybridized carbons (Fsp3) is 0.231. The number of thiophene rings is 1. The number of benzene rings is 1. The summed E-state index contributed by atoms with van der Waals surface area (Å²) in [5.41, 5.74) is 2.04. The quantitative estimate of drug-likeness (QED) is 0.891. The highest BCUT2D eigenvalue weighted by atomic mass is 32.2. The zero-order valence-electron chi connectivity index (χ0n) is 10.8. The number of rotatable bonds is 5. The molecule has 0 fully saturated rings. The van der Waals surface area contributed by atoms with E-state index in [1.54, 1.807) is 29.5 Å². The van der Waals surface area contributed by atoms with E-state index in [9.17, 15) is 8.42 Å². The average Bonchev–Trinajstić information content (AvgIpc) is 2.82. The molecule has 0 unspecified atom stereocenters. The number of hydrogen-bond acceptors (Lipinski definition) is 4. The molecule has 0 amide bonds. The molecule has 19 heavy (non-hydrogen) atoms. The van der Waals surface area contributed by atoms with Crippen molar-refractivity contribution in [3.63, 3.8) is 0 Å². The number of sulfonamides is 1. The van der Waals surface area contributed by atoms with Crippen molar-refractivity contribution in [3.8, 4) is 0 Å². The van der Waals surface area contributed by atoms with Crippen molar-refractivity contribution in [3.05, 3.63) is 46.2 Å². The minimum absolute atomic E-state index is 0.267. The van der Waals surface area contributed by atoms with Gasteiger partial charge in [0.15, 0.2) is 0 Å². The van der Waals surface area contributed by atoms with Crippen LogP contribution < -0.4 is 10.0 Å². The van der Waals surface area contributed by atoms with Gasteiger partial charge < -0.3 is 5.32 Å². The molecule has 0 atom stereocenters. The second-order valence-corrected chi connectivity index (χ2v) is 7.00. The normalized spacial score (nSPS) is 11.5. The maximum Gasteiger partial charge on any atom is 0.240 e. The Bertz CT molecular complexity index is 663. The molecule has 0 spiro atoms. The molecule has 0 saturated carbocycles. The third-order valence-electron chi connectivity index (χ3n) is 2.83. The molecule has 2 N–H and O–H groups in total. The topological polar surface area (TPSA) is 58.2 Å². The lowest BCUT2D eigenvalue weighted by Gasteiger charge is -2.08. The van der Waals surface area contributed by atoms with E-state index in [0.717, 1.165) is 5.69 Å². The lowest BCUT2D eigenvalue weighted by molar-refractivity contribution is 0.588. The molecule has 0 bridgehead atoms. The molecule has 1 aromatic heterocycles. The van der Waals surface area contributed by atoms with Crippen LogP contribution in [0.5, 0.6) is 0 Å². The fourth-order valence-electron chi connectivity index (χ4n) is 1.66. The lowest BCUT2D eigenvalue weighted by atomic mass is 10.2. The largest absolute Gasteiger partial charge is 0.380 e. The maximum absolute atomic E-state index is 11.7. The van der Waals surface area contributed by atoms with Gasteiger partial charge in [0, 0.05) is 17.1 Å². The Balaban J connectivity index is 2.14. The van der Waals surface area contributed by atoms with Crippen molar-refractivity contribution in [2.75, 3.05) is 12.4 Å². The summed E-state index contributed by atoms with van der Waals surface area (Å²) in [5, 5.41) is 5.29. The molecule has 1 heterocycles. The molecule has 4 nitrogen and oxygen atoms in total. The van der Waals surface area contributed by atoms with Gasteiger partial charge in [0.05, 0.1) is 4.90 Å². The molecule has 0 saturated heterocycles. The molecule has 0 radical (unpaired) electrons. The van der Waals surface area contributed by atoms with Gasteiger partial charge in [-0.3, -0.25) is 0 Å². The fourth-order valence-corrected chi connectivity index (χ4v) is 3.28. The van der Waals surface area contributed by atoms with Gasteiger partial charge in [-0.05, 0) is 49.2 Å². The third-order valence-corrected chi connectivity index (χ3v) is 5.27. The number of aryl methyl sites for hydroxylation is 1.